The highest BCUT2D eigenvalue weighted by atomic mass is 32.2. The summed E-state index contributed by atoms with van der Waals surface area (Å²) >= 11 is 0. The van der Waals surface area contributed by atoms with E-state index in [0.29, 0.717) is 22.6 Å². The second kappa shape index (κ2) is 5.91. The smallest absolute Gasteiger partial charge is 0.207 e. The van der Waals surface area contributed by atoms with Crippen molar-refractivity contribution in [2.24, 2.45) is 0 Å². The third-order valence-electron chi connectivity index (χ3n) is 6.19. The Kier molecular flexibility index (Phi) is 3.42. The Morgan fingerprint density at radius 3 is 1.38 bits per heavy atom. The molecule has 4 aromatic rings. The summed E-state index contributed by atoms with van der Waals surface area (Å²) in [4.78, 5) is 0.881. The van der Waals surface area contributed by atoms with Gasteiger partial charge in [-0.2, -0.15) is 0 Å². The van der Waals surface area contributed by atoms with Crippen molar-refractivity contribution in [3.05, 3.63) is 107 Å². The van der Waals surface area contributed by atoms with Gasteiger partial charge in [-0.15, -0.1) is 0 Å². The number of hydrogen-bond donors (Lipinski definition) is 0. The maximum atomic E-state index is 13.9. The zero-order valence-electron chi connectivity index (χ0n) is 15.7. The topological polar surface area (TPSA) is 34.1 Å². The van der Waals surface area contributed by atoms with Crippen molar-refractivity contribution in [3.8, 4) is 22.3 Å². The average Bonchev–Trinajstić information content (AvgIpc) is 3.31. The van der Waals surface area contributed by atoms with Crippen LogP contribution in [0.2, 0.25) is 0 Å². The minimum atomic E-state index is -3.62. The zero-order valence-corrected chi connectivity index (χ0v) is 16.5. The van der Waals surface area contributed by atoms with Gasteiger partial charge in [0.2, 0.25) is 9.84 Å². The first-order chi connectivity index (χ1) is 14.1. The highest BCUT2D eigenvalue weighted by Gasteiger charge is 2.31. The van der Waals surface area contributed by atoms with Crippen LogP contribution < -0.4 is 0 Å². The molecule has 0 atom stereocenters. The fraction of sp³-hybridized carbons (Fsp3) is 0.0769. The number of fused-ring (bicyclic) bond motifs is 6. The van der Waals surface area contributed by atoms with Crippen molar-refractivity contribution in [2.75, 3.05) is 0 Å². The van der Waals surface area contributed by atoms with E-state index >= 15 is 0 Å². The van der Waals surface area contributed by atoms with Crippen LogP contribution in [0.25, 0.3) is 22.3 Å². The van der Waals surface area contributed by atoms with E-state index in [0.717, 1.165) is 33.4 Å². The number of benzene rings is 4. The molecule has 0 radical (unpaired) electrons. The van der Waals surface area contributed by atoms with Crippen molar-refractivity contribution in [2.45, 2.75) is 22.6 Å². The van der Waals surface area contributed by atoms with Crippen molar-refractivity contribution in [3.63, 3.8) is 0 Å². The highest BCUT2D eigenvalue weighted by Crippen LogP contribution is 2.44. The molecule has 140 valence electrons. The van der Waals surface area contributed by atoms with Gasteiger partial charge in [-0.25, -0.2) is 8.42 Å². The summed E-state index contributed by atoms with van der Waals surface area (Å²) in [5.74, 6) is 0. The quantitative estimate of drug-likeness (QED) is 0.380. The molecule has 0 unspecified atom stereocenters. The van der Waals surface area contributed by atoms with Crippen molar-refractivity contribution in [1.82, 2.24) is 0 Å². The molecule has 0 N–H and O–H groups in total. The van der Waals surface area contributed by atoms with E-state index in [1.807, 2.05) is 48.5 Å². The van der Waals surface area contributed by atoms with E-state index in [1.54, 1.807) is 12.1 Å². The third kappa shape index (κ3) is 2.31. The predicted octanol–water partition coefficient (Wildman–Crippen LogP) is 5.66. The molecule has 0 aliphatic heterocycles. The summed E-state index contributed by atoms with van der Waals surface area (Å²) in [6, 6.07) is 27.7. The van der Waals surface area contributed by atoms with Crippen molar-refractivity contribution in [1.29, 1.82) is 0 Å². The van der Waals surface area contributed by atoms with E-state index in [-0.39, 0.29) is 0 Å². The minimum absolute atomic E-state index is 0.440. The molecule has 0 spiro atoms. The summed E-state index contributed by atoms with van der Waals surface area (Å²) in [5.41, 5.74) is 8.58. The van der Waals surface area contributed by atoms with Gasteiger partial charge in [-0.3, -0.25) is 0 Å². The largest absolute Gasteiger partial charge is 0.218 e. The Bertz CT molecular complexity index is 1310. The van der Waals surface area contributed by atoms with Crippen molar-refractivity contribution >= 4 is 9.84 Å². The Hall–Kier alpha value is -3.17. The second-order valence-corrected chi connectivity index (χ2v) is 9.62. The van der Waals surface area contributed by atoms with Crippen LogP contribution >= 0.6 is 0 Å². The highest BCUT2D eigenvalue weighted by molar-refractivity contribution is 7.91. The summed E-state index contributed by atoms with van der Waals surface area (Å²) in [7, 11) is -3.62. The Balaban J connectivity index is 1.55. The monoisotopic (exact) mass is 394 g/mol. The van der Waals surface area contributed by atoms with Crippen LogP contribution in [0, 0.1) is 0 Å². The van der Waals surface area contributed by atoms with E-state index in [1.165, 1.54) is 11.1 Å². The minimum Gasteiger partial charge on any atom is -0.218 e. The lowest BCUT2D eigenvalue weighted by atomic mass is 10.1. The van der Waals surface area contributed by atoms with E-state index in [9.17, 15) is 8.42 Å². The number of rotatable bonds is 2. The molecule has 4 aromatic carbocycles. The van der Waals surface area contributed by atoms with E-state index in [2.05, 4.69) is 24.3 Å². The van der Waals surface area contributed by atoms with Crippen molar-refractivity contribution < 1.29 is 8.42 Å². The Morgan fingerprint density at radius 1 is 0.483 bits per heavy atom. The van der Waals surface area contributed by atoms with Crippen LogP contribution in [0.4, 0.5) is 0 Å². The summed E-state index contributed by atoms with van der Waals surface area (Å²) in [6.07, 6.45) is 1.33. The molecular formula is C26H18O2S. The molecule has 0 saturated carbocycles. The molecular weight excluding hydrogens is 376 g/mol. The molecule has 29 heavy (non-hydrogen) atoms. The van der Waals surface area contributed by atoms with Crippen LogP contribution in [0.5, 0.6) is 0 Å². The van der Waals surface area contributed by atoms with E-state index in [4.69, 9.17) is 0 Å². The fourth-order valence-corrected chi connectivity index (χ4v) is 6.64. The maximum Gasteiger partial charge on any atom is 0.207 e. The lowest BCUT2D eigenvalue weighted by molar-refractivity contribution is 0.594. The average molecular weight is 394 g/mol. The maximum absolute atomic E-state index is 13.9. The van der Waals surface area contributed by atoms with Crippen LogP contribution in [0.1, 0.15) is 22.3 Å². The van der Waals surface area contributed by atoms with Gasteiger partial charge in [-0.05, 0) is 69.5 Å². The Morgan fingerprint density at radius 2 is 0.897 bits per heavy atom. The molecule has 0 bridgehead atoms. The lowest BCUT2D eigenvalue weighted by Crippen LogP contribution is -2.08. The molecule has 6 rings (SSSR count). The predicted molar refractivity (Wildman–Crippen MR) is 115 cm³/mol. The molecule has 2 nitrogen and oxygen atoms in total. The molecule has 0 heterocycles. The summed E-state index contributed by atoms with van der Waals surface area (Å²) in [6.45, 7) is 0. The van der Waals surface area contributed by atoms with Gasteiger partial charge in [0.05, 0.1) is 9.79 Å². The normalized spacial score (nSPS) is 13.5. The van der Waals surface area contributed by atoms with Gasteiger partial charge >= 0.3 is 0 Å². The van der Waals surface area contributed by atoms with Crippen LogP contribution in [0.3, 0.4) is 0 Å². The third-order valence-corrected chi connectivity index (χ3v) is 8.12. The second-order valence-electron chi connectivity index (χ2n) is 7.74. The first kappa shape index (κ1) is 16.8. The molecule has 3 heteroatoms. The zero-order chi connectivity index (χ0) is 19.6. The van der Waals surface area contributed by atoms with Crippen LogP contribution in [-0.4, -0.2) is 8.42 Å². The summed E-state index contributed by atoms with van der Waals surface area (Å²) < 4.78 is 27.7. The SMILES string of the molecule is O=S(=O)(c1cccc2c1Cc1ccccc1-2)c1cccc2c1Cc1ccccc1-2. The number of sulfone groups is 1. The van der Waals surface area contributed by atoms with Crippen LogP contribution in [0.15, 0.2) is 94.7 Å². The molecule has 0 fully saturated rings. The molecule has 0 amide bonds. The van der Waals surface area contributed by atoms with Gasteiger partial charge in [0.1, 0.15) is 0 Å². The van der Waals surface area contributed by atoms with Crippen LogP contribution in [-0.2, 0) is 22.7 Å². The number of hydrogen-bond acceptors (Lipinski definition) is 2. The van der Waals surface area contributed by atoms with E-state index < -0.39 is 9.84 Å². The lowest BCUT2D eigenvalue weighted by Gasteiger charge is -2.13. The first-order valence-corrected chi connectivity index (χ1v) is 11.3. The first-order valence-electron chi connectivity index (χ1n) is 9.80. The standard InChI is InChI=1S/C26H18O2S/c27-29(28,25-13-5-11-21-19-9-3-1-7-17(19)15-23(21)25)26-14-6-12-22-20-10-4-2-8-18(20)16-24(22)26/h1-14H,15-16H2. The molecule has 2 aliphatic carbocycles. The Labute approximate surface area is 170 Å². The van der Waals surface area contributed by atoms with Gasteiger partial charge in [0.25, 0.3) is 0 Å². The molecule has 2 aliphatic rings. The molecule has 0 saturated heterocycles. The summed E-state index contributed by atoms with van der Waals surface area (Å²) in [5, 5.41) is 0. The fourth-order valence-electron chi connectivity index (χ4n) is 4.88. The molecule has 0 aromatic heterocycles. The van der Waals surface area contributed by atoms with Gasteiger partial charge in [-0.1, -0.05) is 72.8 Å². The van der Waals surface area contributed by atoms with Gasteiger partial charge in [0, 0.05) is 0 Å². The van der Waals surface area contributed by atoms with Gasteiger partial charge in [0.15, 0.2) is 0 Å². The van der Waals surface area contributed by atoms with Gasteiger partial charge < -0.3 is 0 Å².